The highest BCUT2D eigenvalue weighted by Gasteiger charge is 2.39. The Kier molecular flexibility index (Phi) is 4.56. The summed E-state index contributed by atoms with van der Waals surface area (Å²) in [6.45, 7) is 1.43. The van der Waals surface area contributed by atoms with E-state index in [0.29, 0.717) is 13.1 Å². The number of hydrogen-bond acceptors (Lipinski definition) is 4. The van der Waals surface area contributed by atoms with Crippen molar-refractivity contribution in [3.05, 3.63) is 0 Å². The fourth-order valence-electron chi connectivity index (χ4n) is 1.67. The van der Waals surface area contributed by atoms with Crippen LogP contribution in [0.1, 0.15) is 12.8 Å². The van der Waals surface area contributed by atoms with E-state index < -0.39 is 6.04 Å². The van der Waals surface area contributed by atoms with E-state index in [4.69, 9.17) is 0 Å². The van der Waals surface area contributed by atoms with E-state index in [9.17, 15) is 9.59 Å². The fourth-order valence-corrected chi connectivity index (χ4v) is 1.67. The highest BCUT2D eigenvalue weighted by Crippen LogP contribution is 2.33. The van der Waals surface area contributed by atoms with Crippen LogP contribution in [-0.2, 0) is 14.3 Å². The summed E-state index contributed by atoms with van der Waals surface area (Å²) < 4.78 is 4.68. The third-order valence-electron chi connectivity index (χ3n) is 3.00. The van der Waals surface area contributed by atoms with Crippen LogP contribution in [0.2, 0.25) is 0 Å². The minimum absolute atomic E-state index is 0. The molecule has 6 heteroatoms. The lowest BCUT2D eigenvalue weighted by molar-refractivity contribution is -0.146. The number of carbonyl (C=O) groups is 2. The molecule has 1 unspecified atom stereocenters. The first-order valence-electron chi connectivity index (χ1n) is 5.31. The van der Waals surface area contributed by atoms with Crippen LogP contribution in [0.4, 0.5) is 0 Å². The quantitative estimate of drug-likeness (QED) is 0.670. The second kappa shape index (κ2) is 5.50. The Labute approximate surface area is 101 Å². The molecule has 1 heterocycles. The summed E-state index contributed by atoms with van der Waals surface area (Å²) in [6, 6.07) is -0.428. The van der Waals surface area contributed by atoms with Crippen molar-refractivity contribution in [2.75, 3.05) is 20.2 Å². The normalized spacial score (nSPS) is 21.3. The van der Waals surface area contributed by atoms with Crippen molar-refractivity contribution in [3.8, 4) is 0 Å². The zero-order chi connectivity index (χ0) is 10.8. The van der Waals surface area contributed by atoms with Crippen molar-refractivity contribution < 1.29 is 14.3 Å². The zero-order valence-electron chi connectivity index (χ0n) is 9.19. The molecule has 0 aromatic carbocycles. The molecule has 2 fully saturated rings. The van der Waals surface area contributed by atoms with Gasteiger partial charge >= 0.3 is 5.97 Å². The van der Waals surface area contributed by atoms with Crippen molar-refractivity contribution in [2.45, 2.75) is 18.9 Å². The number of rotatable bonds is 4. The van der Waals surface area contributed by atoms with Gasteiger partial charge in [-0.3, -0.25) is 4.79 Å². The van der Waals surface area contributed by atoms with Gasteiger partial charge in [-0.1, -0.05) is 0 Å². The Morgan fingerprint density at radius 3 is 2.38 bits per heavy atom. The van der Waals surface area contributed by atoms with E-state index in [1.54, 1.807) is 0 Å². The lowest BCUT2D eigenvalue weighted by atomic mass is 10.0. The van der Waals surface area contributed by atoms with Crippen molar-refractivity contribution in [1.29, 1.82) is 0 Å². The Bertz CT molecular complexity index is 277. The summed E-state index contributed by atoms with van der Waals surface area (Å²) in [5, 5.41) is 5.80. The molecular weight excluding hydrogens is 232 g/mol. The van der Waals surface area contributed by atoms with Crippen LogP contribution >= 0.6 is 12.4 Å². The molecule has 92 valence electrons. The minimum Gasteiger partial charge on any atom is -0.467 e. The van der Waals surface area contributed by atoms with Crippen molar-refractivity contribution in [3.63, 3.8) is 0 Å². The first kappa shape index (κ1) is 13.3. The maximum absolute atomic E-state index is 11.6. The van der Waals surface area contributed by atoms with Crippen LogP contribution in [0.3, 0.4) is 0 Å². The van der Waals surface area contributed by atoms with Crippen LogP contribution < -0.4 is 10.6 Å². The third kappa shape index (κ3) is 2.86. The molecule has 1 saturated heterocycles. The Balaban J connectivity index is 0.00000128. The number of carbonyl (C=O) groups excluding carboxylic acids is 2. The average molecular weight is 249 g/mol. The summed E-state index contributed by atoms with van der Waals surface area (Å²) in [7, 11) is 1.36. The molecular formula is C10H17ClN2O3. The van der Waals surface area contributed by atoms with Gasteiger partial charge in [0.15, 0.2) is 0 Å². The largest absolute Gasteiger partial charge is 0.467 e. The van der Waals surface area contributed by atoms with E-state index in [1.165, 1.54) is 7.11 Å². The Hall–Kier alpha value is -0.810. The van der Waals surface area contributed by atoms with Gasteiger partial charge in [-0.25, -0.2) is 4.79 Å². The average Bonchev–Trinajstić information content (AvgIpc) is 2.93. The molecule has 2 N–H and O–H groups in total. The molecule has 1 atom stereocenters. The number of ether oxygens (including phenoxy) is 1. The second-order valence-electron chi connectivity index (χ2n) is 4.20. The van der Waals surface area contributed by atoms with Crippen LogP contribution in [0.5, 0.6) is 0 Å². The maximum Gasteiger partial charge on any atom is 0.328 e. The van der Waals surface area contributed by atoms with Gasteiger partial charge in [-0.05, 0) is 18.8 Å². The standard InChI is InChI=1S/C10H16N2O3.ClH/c1-15-10(14)8(6-2-3-6)12-9(13)7-4-11-5-7;/h6-8,11H,2-5H2,1H3,(H,12,13);1H. The molecule has 16 heavy (non-hydrogen) atoms. The highest BCUT2D eigenvalue weighted by molar-refractivity contribution is 5.86. The molecule has 0 spiro atoms. The molecule has 1 amide bonds. The number of methoxy groups -OCH3 is 1. The minimum atomic E-state index is -0.428. The Morgan fingerprint density at radius 2 is 2.00 bits per heavy atom. The molecule has 2 aliphatic rings. The maximum atomic E-state index is 11.6. The highest BCUT2D eigenvalue weighted by atomic mass is 35.5. The molecule has 5 nitrogen and oxygen atoms in total. The molecule has 0 radical (unpaired) electrons. The topological polar surface area (TPSA) is 67.4 Å². The molecule has 2 rings (SSSR count). The van der Waals surface area contributed by atoms with Crippen molar-refractivity contribution >= 4 is 24.3 Å². The van der Waals surface area contributed by atoms with Gasteiger partial charge in [0.1, 0.15) is 6.04 Å². The summed E-state index contributed by atoms with van der Waals surface area (Å²) in [5.74, 6) is -0.0421. The van der Waals surface area contributed by atoms with Gasteiger partial charge in [0.25, 0.3) is 0 Å². The zero-order valence-corrected chi connectivity index (χ0v) is 10.0. The molecule has 1 aliphatic carbocycles. The second-order valence-corrected chi connectivity index (χ2v) is 4.20. The van der Waals surface area contributed by atoms with Crippen LogP contribution in [0, 0.1) is 11.8 Å². The van der Waals surface area contributed by atoms with Crippen molar-refractivity contribution in [2.24, 2.45) is 11.8 Å². The molecule has 0 bridgehead atoms. The van der Waals surface area contributed by atoms with Crippen molar-refractivity contribution in [1.82, 2.24) is 10.6 Å². The van der Waals surface area contributed by atoms with E-state index in [2.05, 4.69) is 15.4 Å². The molecule has 1 saturated carbocycles. The summed E-state index contributed by atoms with van der Waals surface area (Å²) in [4.78, 5) is 23.0. The summed E-state index contributed by atoms with van der Waals surface area (Å²) in [5.41, 5.74) is 0. The first-order chi connectivity index (χ1) is 7.22. The molecule has 0 aromatic rings. The van der Waals surface area contributed by atoms with Gasteiger partial charge in [0.05, 0.1) is 13.0 Å². The van der Waals surface area contributed by atoms with E-state index >= 15 is 0 Å². The van der Waals surface area contributed by atoms with Gasteiger partial charge in [-0.15, -0.1) is 12.4 Å². The van der Waals surface area contributed by atoms with Crippen LogP contribution in [0.25, 0.3) is 0 Å². The predicted molar refractivity (Wildman–Crippen MR) is 60.3 cm³/mol. The number of esters is 1. The lowest BCUT2D eigenvalue weighted by Crippen LogP contribution is -2.54. The number of amides is 1. The molecule has 1 aliphatic heterocycles. The van der Waals surface area contributed by atoms with Gasteiger partial charge in [0.2, 0.25) is 5.91 Å². The first-order valence-corrected chi connectivity index (χ1v) is 5.31. The van der Waals surface area contributed by atoms with Gasteiger partial charge < -0.3 is 15.4 Å². The third-order valence-corrected chi connectivity index (χ3v) is 3.00. The van der Waals surface area contributed by atoms with Crippen LogP contribution in [0.15, 0.2) is 0 Å². The van der Waals surface area contributed by atoms with E-state index in [1.807, 2.05) is 0 Å². The van der Waals surface area contributed by atoms with E-state index in [0.717, 1.165) is 12.8 Å². The smallest absolute Gasteiger partial charge is 0.328 e. The summed E-state index contributed by atoms with van der Waals surface area (Å²) in [6.07, 6.45) is 2.01. The lowest BCUT2D eigenvalue weighted by Gasteiger charge is -2.27. The van der Waals surface area contributed by atoms with Crippen LogP contribution in [-0.4, -0.2) is 38.1 Å². The number of nitrogens with one attached hydrogen (secondary N) is 2. The van der Waals surface area contributed by atoms with Gasteiger partial charge in [-0.2, -0.15) is 0 Å². The monoisotopic (exact) mass is 248 g/mol. The number of halogens is 1. The SMILES string of the molecule is COC(=O)C(NC(=O)C1CNC1)C1CC1.Cl. The predicted octanol–water partition coefficient (Wildman–Crippen LogP) is -0.305. The fraction of sp³-hybridized carbons (Fsp3) is 0.800. The molecule has 0 aromatic heterocycles. The number of hydrogen-bond donors (Lipinski definition) is 2. The van der Waals surface area contributed by atoms with Gasteiger partial charge in [0, 0.05) is 13.1 Å². The summed E-state index contributed by atoms with van der Waals surface area (Å²) >= 11 is 0. The Morgan fingerprint density at radius 1 is 1.38 bits per heavy atom. The van der Waals surface area contributed by atoms with E-state index in [-0.39, 0.29) is 36.1 Å².